The van der Waals surface area contributed by atoms with E-state index >= 15 is 0 Å². The van der Waals surface area contributed by atoms with Gasteiger partial charge in [0.25, 0.3) is 5.91 Å². The molecule has 1 amide bonds. The lowest BCUT2D eigenvalue weighted by Gasteiger charge is -2.04. The van der Waals surface area contributed by atoms with Gasteiger partial charge in [0.1, 0.15) is 10.7 Å². The minimum Gasteiger partial charge on any atom is -0.349 e. The predicted molar refractivity (Wildman–Crippen MR) is 95.3 cm³/mol. The third-order valence-corrected chi connectivity index (χ3v) is 4.06. The van der Waals surface area contributed by atoms with Gasteiger partial charge in [-0.05, 0) is 19.0 Å². The number of rotatable bonds is 7. The zero-order valence-corrected chi connectivity index (χ0v) is 14.7. The molecule has 4 nitrogen and oxygen atoms in total. The fourth-order valence-electron chi connectivity index (χ4n) is 1.79. The molecule has 0 aliphatic heterocycles. The van der Waals surface area contributed by atoms with Gasteiger partial charge in [0.2, 0.25) is 0 Å². The van der Waals surface area contributed by atoms with E-state index in [1.807, 2.05) is 24.3 Å². The Morgan fingerprint density at radius 1 is 1.27 bits per heavy atom. The van der Waals surface area contributed by atoms with Gasteiger partial charge in [0, 0.05) is 24.0 Å². The summed E-state index contributed by atoms with van der Waals surface area (Å²) >= 11 is 7.56. The third kappa shape index (κ3) is 5.25. The summed E-state index contributed by atoms with van der Waals surface area (Å²) in [5.74, 6) is -0.150. The molecule has 0 unspecified atom stereocenters. The van der Waals surface area contributed by atoms with Gasteiger partial charge in [-0.15, -0.1) is 23.7 Å². The maximum atomic E-state index is 12.0. The van der Waals surface area contributed by atoms with Gasteiger partial charge in [-0.3, -0.25) is 4.79 Å². The minimum absolute atomic E-state index is 0. The number of hydrogen-bond donors (Lipinski definition) is 2. The molecule has 2 N–H and O–H groups in total. The maximum Gasteiger partial charge on any atom is 0.270 e. The molecule has 0 bridgehead atoms. The SMILES string of the molecule is CCCNCCNC(=O)c1csc(-c2ccccc2Cl)n1.Cl. The number of amides is 1. The number of aromatic nitrogens is 1. The molecule has 1 aromatic carbocycles. The molecule has 0 radical (unpaired) electrons. The van der Waals surface area contributed by atoms with Crippen molar-refractivity contribution in [3.63, 3.8) is 0 Å². The van der Waals surface area contributed by atoms with E-state index in [4.69, 9.17) is 11.6 Å². The second-order valence-electron chi connectivity index (χ2n) is 4.52. The molecular weight excluding hydrogens is 341 g/mol. The molecule has 22 heavy (non-hydrogen) atoms. The highest BCUT2D eigenvalue weighted by Gasteiger charge is 2.12. The summed E-state index contributed by atoms with van der Waals surface area (Å²) in [7, 11) is 0. The average Bonchev–Trinajstić information content (AvgIpc) is 2.97. The Balaban J connectivity index is 0.00000242. The Morgan fingerprint density at radius 3 is 2.77 bits per heavy atom. The van der Waals surface area contributed by atoms with Gasteiger partial charge >= 0.3 is 0 Å². The predicted octanol–water partition coefficient (Wildman–Crippen LogP) is 3.61. The molecule has 2 aromatic rings. The second-order valence-corrected chi connectivity index (χ2v) is 5.79. The van der Waals surface area contributed by atoms with Crippen molar-refractivity contribution in [2.24, 2.45) is 0 Å². The lowest BCUT2D eigenvalue weighted by atomic mass is 10.2. The zero-order valence-electron chi connectivity index (χ0n) is 12.3. The molecule has 1 aromatic heterocycles. The van der Waals surface area contributed by atoms with E-state index in [1.165, 1.54) is 11.3 Å². The molecule has 0 fully saturated rings. The van der Waals surface area contributed by atoms with Crippen LogP contribution in [0.5, 0.6) is 0 Å². The molecule has 0 saturated heterocycles. The maximum absolute atomic E-state index is 12.0. The Kier molecular flexibility index (Phi) is 8.42. The van der Waals surface area contributed by atoms with E-state index in [-0.39, 0.29) is 18.3 Å². The lowest BCUT2D eigenvalue weighted by molar-refractivity contribution is 0.0950. The first-order valence-corrected chi connectivity index (χ1v) is 8.17. The van der Waals surface area contributed by atoms with Gasteiger partial charge in [-0.2, -0.15) is 0 Å². The smallest absolute Gasteiger partial charge is 0.270 e. The number of halogens is 2. The lowest BCUT2D eigenvalue weighted by Crippen LogP contribution is -2.32. The van der Waals surface area contributed by atoms with Crippen LogP contribution < -0.4 is 10.6 Å². The standard InChI is InChI=1S/C15H18ClN3OS.ClH/c1-2-7-17-8-9-18-14(20)13-10-21-15(19-13)11-5-3-4-6-12(11)16;/h3-6,10,17H,2,7-9H2,1H3,(H,18,20);1H. The quantitative estimate of drug-likeness (QED) is 0.742. The van der Waals surface area contributed by atoms with Crippen LogP contribution in [0.1, 0.15) is 23.8 Å². The van der Waals surface area contributed by atoms with Crippen molar-refractivity contribution in [1.82, 2.24) is 15.6 Å². The van der Waals surface area contributed by atoms with E-state index < -0.39 is 0 Å². The number of nitrogens with zero attached hydrogens (tertiary/aromatic N) is 1. The number of benzene rings is 1. The van der Waals surface area contributed by atoms with Crippen molar-refractivity contribution in [2.45, 2.75) is 13.3 Å². The van der Waals surface area contributed by atoms with Crippen molar-refractivity contribution in [3.8, 4) is 10.6 Å². The summed E-state index contributed by atoms with van der Waals surface area (Å²) in [5, 5.41) is 9.24. The Hall–Kier alpha value is -1.14. The second kappa shape index (κ2) is 9.79. The van der Waals surface area contributed by atoms with Gasteiger partial charge in [0.05, 0.1) is 5.02 Å². The summed E-state index contributed by atoms with van der Waals surface area (Å²) in [4.78, 5) is 16.3. The Labute approximate surface area is 145 Å². The van der Waals surface area contributed by atoms with Gasteiger partial charge in [0.15, 0.2) is 0 Å². The molecule has 7 heteroatoms. The summed E-state index contributed by atoms with van der Waals surface area (Å²) in [6, 6.07) is 7.49. The number of thiazole rings is 1. The van der Waals surface area contributed by atoms with Crippen molar-refractivity contribution in [3.05, 3.63) is 40.4 Å². The van der Waals surface area contributed by atoms with Crippen LogP contribution in [0.3, 0.4) is 0 Å². The summed E-state index contributed by atoms with van der Waals surface area (Å²) in [6.07, 6.45) is 1.08. The Morgan fingerprint density at radius 2 is 2.05 bits per heavy atom. The molecule has 2 rings (SSSR count). The summed E-state index contributed by atoms with van der Waals surface area (Å²) in [5.41, 5.74) is 1.29. The van der Waals surface area contributed by atoms with E-state index in [9.17, 15) is 4.79 Å². The topological polar surface area (TPSA) is 54.0 Å². The van der Waals surface area contributed by atoms with Crippen molar-refractivity contribution in [1.29, 1.82) is 0 Å². The number of carbonyl (C=O) groups is 1. The van der Waals surface area contributed by atoms with Gasteiger partial charge in [-0.25, -0.2) is 4.98 Å². The summed E-state index contributed by atoms with van der Waals surface area (Å²) in [6.45, 7) is 4.43. The molecule has 120 valence electrons. The molecule has 0 spiro atoms. The van der Waals surface area contributed by atoms with E-state index in [0.29, 0.717) is 17.3 Å². The van der Waals surface area contributed by atoms with E-state index in [0.717, 1.165) is 30.1 Å². The highest BCUT2D eigenvalue weighted by molar-refractivity contribution is 7.13. The fourth-order valence-corrected chi connectivity index (χ4v) is 2.91. The minimum atomic E-state index is -0.150. The molecule has 1 heterocycles. The number of nitrogens with one attached hydrogen (secondary N) is 2. The third-order valence-electron chi connectivity index (χ3n) is 2.86. The van der Waals surface area contributed by atoms with E-state index in [2.05, 4.69) is 22.5 Å². The fraction of sp³-hybridized carbons (Fsp3) is 0.333. The number of hydrogen-bond acceptors (Lipinski definition) is 4. The highest BCUT2D eigenvalue weighted by atomic mass is 35.5. The first-order valence-electron chi connectivity index (χ1n) is 6.91. The van der Waals surface area contributed by atoms with Crippen molar-refractivity contribution >= 4 is 41.3 Å². The van der Waals surface area contributed by atoms with Crippen molar-refractivity contribution < 1.29 is 4.79 Å². The molecular formula is C15H19Cl2N3OS. The van der Waals surface area contributed by atoms with Crippen LogP contribution in [-0.2, 0) is 0 Å². The molecule has 0 atom stereocenters. The first kappa shape index (κ1) is 18.9. The molecule has 0 aliphatic carbocycles. The molecule has 0 saturated carbocycles. The summed E-state index contributed by atoms with van der Waals surface area (Å²) < 4.78 is 0. The van der Waals surface area contributed by atoms with Crippen LogP contribution in [0.25, 0.3) is 10.6 Å². The van der Waals surface area contributed by atoms with Crippen molar-refractivity contribution in [2.75, 3.05) is 19.6 Å². The van der Waals surface area contributed by atoms with Crippen LogP contribution in [0.2, 0.25) is 5.02 Å². The van der Waals surface area contributed by atoms with Crippen LogP contribution >= 0.6 is 35.3 Å². The van der Waals surface area contributed by atoms with Gasteiger partial charge in [-0.1, -0.05) is 36.7 Å². The first-order chi connectivity index (χ1) is 10.2. The van der Waals surface area contributed by atoms with Crippen LogP contribution in [0.15, 0.2) is 29.6 Å². The highest BCUT2D eigenvalue weighted by Crippen LogP contribution is 2.29. The monoisotopic (exact) mass is 359 g/mol. The van der Waals surface area contributed by atoms with Crippen LogP contribution in [0.4, 0.5) is 0 Å². The Bertz CT molecular complexity index is 604. The van der Waals surface area contributed by atoms with E-state index in [1.54, 1.807) is 5.38 Å². The average molecular weight is 360 g/mol. The molecule has 0 aliphatic rings. The number of carbonyl (C=O) groups excluding carboxylic acids is 1. The van der Waals surface area contributed by atoms with Gasteiger partial charge < -0.3 is 10.6 Å². The van der Waals surface area contributed by atoms with Crippen LogP contribution in [0, 0.1) is 0 Å². The zero-order chi connectivity index (χ0) is 15.1. The largest absolute Gasteiger partial charge is 0.349 e. The normalized spacial score (nSPS) is 10.1. The van der Waals surface area contributed by atoms with Crippen LogP contribution in [-0.4, -0.2) is 30.5 Å².